The van der Waals surface area contributed by atoms with E-state index < -0.39 is 0 Å². The fourth-order valence-corrected chi connectivity index (χ4v) is 3.23. The number of hydrogen-bond donors (Lipinski definition) is 1. The van der Waals surface area contributed by atoms with Gasteiger partial charge in [-0.15, -0.1) is 0 Å². The Balaban J connectivity index is 1.62. The van der Waals surface area contributed by atoms with Crippen LogP contribution in [0.5, 0.6) is 0 Å². The first-order valence-corrected chi connectivity index (χ1v) is 7.98. The number of rotatable bonds is 6. The van der Waals surface area contributed by atoms with Gasteiger partial charge in [-0.25, -0.2) is 0 Å². The van der Waals surface area contributed by atoms with Gasteiger partial charge in [-0.05, 0) is 33.2 Å². The molecule has 19 heavy (non-hydrogen) atoms. The summed E-state index contributed by atoms with van der Waals surface area (Å²) in [6.45, 7) is 11.4. The van der Waals surface area contributed by atoms with Gasteiger partial charge in [-0.3, -0.25) is 4.90 Å². The van der Waals surface area contributed by atoms with Crippen LogP contribution in [0, 0.1) is 0 Å². The molecule has 0 aromatic carbocycles. The van der Waals surface area contributed by atoms with E-state index in [1.54, 1.807) is 0 Å². The summed E-state index contributed by atoms with van der Waals surface area (Å²) in [4.78, 5) is 5.10. The Morgan fingerprint density at radius 1 is 1.37 bits per heavy atom. The SMILES string of the molecule is CCC1CN(CCNC(C)C2CCCO2)CCN1C. The second-order valence-electron chi connectivity index (χ2n) is 6.14. The fraction of sp³-hybridized carbons (Fsp3) is 1.00. The number of nitrogens with zero attached hydrogens (tertiary/aromatic N) is 2. The Kier molecular flexibility index (Phi) is 6.07. The van der Waals surface area contributed by atoms with Crippen LogP contribution < -0.4 is 5.32 Å². The Morgan fingerprint density at radius 3 is 2.89 bits per heavy atom. The third-order valence-corrected chi connectivity index (χ3v) is 4.75. The maximum absolute atomic E-state index is 5.72. The van der Waals surface area contributed by atoms with Crippen LogP contribution in [0.1, 0.15) is 33.1 Å². The minimum atomic E-state index is 0.441. The highest BCUT2D eigenvalue weighted by atomic mass is 16.5. The Hall–Kier alpha value is -0.160. The third kappa shape index (κ3) is 4.42. The van der Waals surface area contributed by atoms with Gasteiger partial charge >= 0.3 is 0 Å². The Labute approximate surface area is 118 Å². The van der Waals surface area contributed by atoms with Crippen molar-refractivity contribution in [2.75, 3.05) is 46.4 Å². The lowest BCUT2D eigenvalue weighted by Crippen LogP contribution is -2.53. The molecule has 1 N–H and O–H groups in total. The first-order valence-electron chi connectivity index (χ1n) is 7.98. The molecule has 0 aliphatic carbocycles. The zero-order valence-corrected chi connectivity index (χ0v) is 12.9. The van der Waals surface area contributed by atoms with Crippen LogP contribution in [-0.4, -0.2) is 74.4 Å². The molecule has 3 unspecified atom stereocenters. The lowest BCUT2D eigenvalue weighted by atomic mass is 10.1. The van der Waals surface area contributed by atoms with Gasteiger partial charge in [0.1, 0.15) is 0 Å². The molecular weight excluding hydrogens is 238 g/mol. The second-order valence-corrected chi connectivity index (χ2v) is 6.14. The zero-order chi connectivity index (χ0) is 13.7. The molecule has 0 saturated carbocycles. The highest BCUT2D eigenvalue weighted by Gasteiger charge is 2.24. The van der Waals surface area contributed by atoms with Gasteiger partial charge in [0.25, 0.3) is 0 Å². The van der Waals surface area contributed by atoms with Crippen molar-refractivity contribution in [3.05, 3.63) is 0 Å². The van der Waals surface area contributed by atoms with E-state index >= 15 is 0 Å². The molecule has 2 fully saturated rings. The summed E-state index contributed by atoms with van der Waals surface area (Å²) < 4.78 is 5.72. The third-order valence-electron chi connectivity index (χ3n) is 4.75. The molecule has 0 radical (unpaired) electrons. The van der Waals surface area contributed by atoms with E-state index in [4.69, 9.17) is 4.74 Å². The van der Waals surface area contributed by atoms with Crippen molar-refractivity contribution in [1.29, 1.82) is 0 Å². The van der Waals surface area contributed by atoms with Gasteiger partial charge in [-0.2, -0.15) is 0 Å². The smallest absolute Gasteiger partial charge is 0.0726 e. The van der Waals surface area contributed by atoms with E-state index in [1.165, 1.54) is 45.4 Å². The van der Waals surface area contributed by atoms with Crippen LogP contribution in [-0.2, 0) is 4.74 Å². The van der Waals surface area contributed by atoms with E-state index in [1.807, 2.05) is 0 Å². The maximum Gasteiger partial charge on any atom is 0.0726 e. The lowest BCUT2D eigenvalue weighted by Gasteiger charge is -2.39. The summed E-state index contributed by atoms with van der Waals surface area (Å²) in [6.07, 6.45) is 4.15. The van der Waals surface area contributed by atoms with Crippen LogP contribution in [0.4, 0.5) is 0 Å². The van der Waals surface area contributed by atoms with Crippen molar-refractivity contribution < 1.29 is 4.74 Å². The normalized spacial score (nSPS) is 31.7. The maximum atomic E-state index is 5.72. The molecule has 2 aliphatic rings. The molecule has 2 aliphatic heterocycles. The Morgan fingerprint density at radius 2 is 2.21 bits per heavy atom. The second kappa shape index (κ2) is 7.58. The summed E-state index contributed by atoms with van der Waals surface area (Å²) in [5.74, 6) is 0. The quantitative estimate of drug-likeness (QED) is 0.783. The zero-order valence-electron chi connectivity index (χ0n) is 12.9. The molecule has 0 aromatic rings. The van der Waals surface area contributed by atoms with Crippen LogP contribution in [0.15, 0.2) is 0 Å². The van der Waals surface area contributed by atoms with Crippen molar-refractivity contribution in [2.45, 2.75) is 51.3 Å². The molecule has 3 atom stereocenters. The molecule has 0 aromatic heterocycles. The number of nitrogens with one attached hydrogen (secondary N) is 1. The summed E-state index contributed by atoms with van der Waals surface area (Å²) in [5, 5.41) is 3.64. The van der Waals surface area contributed by atoms with Crippen molar-refractivity contribution in [2.24, 2.45) is 0 Å². The first-order chi connectivity index (χ1) is 9.20. The van der Waals surface area contributed by atoms with Gasteiger partial charge in [0.15, 0.2) is 0 Å². The molecule has 2 rings (SSSR count). The van der Waals surface area contributed by atoms with E-state index in [0.29, 0.717) is 12.1 Å². The highest BCUT2D eigenvalue weighted by Crippen LogP contribution is 2.15. The summed E-state index contributed by atoms with van der Waals surface area (Å²) in [7, 11) is 2.25. The molecule has 4 heteroatoms. The molecule has 4 nitrogen and oxygen atoms in total. The molecule has 0 spiro atoms. The van der Waals surface area contributed by atoms with Gasteiger partial charge in [-0.1, -0.05) is 6.92 Å². The Bertz CT molecular complexity index is 256. The van der Waals surface area contributed by atoms with Crippen LogP contribution in [0.3, 0.4) is 0 Å². The van der Waals surface area contributed by atoms with Crippen LogP contribution >= 0.6 is 0 Å². The van der Waals surface area contributed by atoms with Gasteiger partial charge in [0.05, 0.1) is 6.10 Å². The van der Waals surface area contributed by atoms with Gasteiger partial charge in [0, 0.05) is 51.4 Å². The van der Waals surface area contributed by atoms with Crippen molar-refractivity contribution in [3.63, 3.8) is 0 Å². The molecular formula is C15H31N3O. The lowest BCUT2D eigenvalue weighted by molar-refractivity contribution is 0.0756. The van der Waals surface area contributed by atoms with Gasteiger partial charge < -0.3 is 15.0 Å². The number of likely N-dealkylation sites (N-methyl/N-ethyl adjacent to an activating group) is 1. The van der Waals surface area contributed by atoms with E-state index in [9.17, 15) is 0 Å². The molecule has 0 bridgehead atoms. The standard InChI is InChI=1S/C15H31N3O/c1-4-14-12-18(10-9-17(14)3)8-7-16-13(2)15-6-5-11-19-15/h13-16H,4-12H2,1-3H3. The monoisotopic (exact) mass is 269 g/mol. The van der Waals surface area contributed by atoms with E-state index in [0.717, 1.165) is 19.2 Å². The predicted octanol–water partition coefficient (Wildman–Crippen LogP) is 1.17. The highest BCUT2D eigenvalue weighted by molar-refractivity contribution is 4.81. The molecule has 0 amide bonds. The fourth-order valence-electron chi connectivity index (χ4n) is 3.23. The first kappa shape index (κ1) is 15.2. The average Bonchev–Trinajstić information content (AvgIpc) is 2.94. The number of hydrogen-bond acceptors (Lipinski definition) is 4. The number of piperazine rings is 1. The topological polar surface area (TPSA) is 27.7 Å². The summed E-state index contributed by atoms with van der Waals surface area (Å²) in [6, 6.07) is 1.24. The van der Waals surface area contributed by atoms with Crippen molar-refractivity contribution >= 4 is 0 Å². The van der Waals surface area contributed by atoms with E-state index in [-0.39, 0.29) is 0 Å². The van der Waals surface area contributed by atoms with Crippen LogP contribution in [0.2, 0.25) is 0 Å². The largest absolute Gasteiger partial charge is 0.377 e. The van der Waals surface area contributed by atoms with E-state index in [2.05, 4.69) is 36.0 Å². The van der Waals surface area contributed by atoms with Gasteiger partial charge in [0.2, 0.25) is 0 Å². The van der Waals surface area contributed by atoms with Crippen LogP contribution in [0.25, 0.3) is 0 Å². The average molecular weight is 269 g/mol. The van der Waals surface area contributed by atoms with Crippen molar-refractivity contribution in [3.8, 4) is 0 Å². The molecule has 112 valence electrons. The minimum Gasteiger partial charge on any atom is -0.377 e. The van der Waals surface area contributed by atoms with Crippen molar-refractivity contribution in [1.82, 2.24) is 15.1 Å². The predicted molar refractivity (Wildman–Crippen MR) is 79.6 cm³/mol. The summed E-state index contributed by atoms with van der Waals surface area (Å²) >= 11 is 0. The number of ether oxygens (including phenoxy) is 1. The minimum absolute atomic E-state index is 0.441. The molecule has 2 saturated heterocycles. The summed E-state index contributed by atoms with van der Waals surface area (Å²) in [5.41, 5.74) is 0. The molecule has 2 heterocycles.